The smallest absolute Gasteiger partial charge is 0.261 e. The van der Waals surface area contributed by atoms with Crippen LogP contribution in [0.2, 0.25) is 0 Å². The quantitative estimate of drug-likeness (QED) is 0.743. The first-order valence-electron chi connectivity index (χ1n) is 7.79. The topological polar surface area (TPSA) is 88.0 Å². The summed E-state index contributed by atoms with van der Waals surface area (Å²) in [5, 5.41) is 3.55. The Kier molecular flexibility index (Phi) is 4.40. The van der Waals surface area contributed by atoms with E-state index in [1.54, 1.807) is 6.07 Å². The van der Waals surface area contributed by atoms with Crippen molar-refractivity contribution in [1.82, 2.24) is 25.7 Å². The number of rotatable bonds is 4. The largest absolute Gasteiger partial charge is 0.350 e. The minimum absolute atomic E-state index is 0.0661. The molecule has 2 atom stereocenters. The van der Waals surface area contributed by atoms with Gasteiger partial charge in [0, 0.05) is 25.6 Å². The number of aryl methyl sites for hydroxylation is 2. The van der Waals surface area contributed by atoms with Gasteiger partial charge in [0.05, 0.1) is 23.3 Å². The van der Waals surface area contributed by atoms with Crippen LogP contribution in [0.15, 0.2) is 29.3 Å². The number of carbonyl (C=O) groups is 1. The maximum atomic E-state index is 12.5. The molecular formula is C16H21N5O2. The molecule has 0 bridgehead atoms. The lowest BCUT2D eigenvalue weighted by molar-refractivity contribution is -0.122. The molecule has 2 heterocycles. The minimum atomic E-state index is -0.107. The molecule has 0 aliphatic carbocycles. The van der Waals surface area contributed by atoms with E-state index in [9.17, 15) is 9.59 Å². The van der Waals surface area contributed by atoms with Gasteiger partial charge in [-0.1, -0.05) is 12.1 Å². The lowest BCUT2D eigenvalue weighted by Gasteiger charge is -2.16. The van der Waals surface area contributed by atoms with Crippen LogP contribution in [0.1, 0.15) is 18.9 Å². The fraction of sp³-hybridized carbons (Fsp3) is 0.438. The highest BCUT2D eigenvalue weighted by atomic mass is 16.2. The Balaban J connectivity index is 1.69. The molecule has 1 amide bonds. The van der Waals surface area contributed by atoms with Crippen molar-refractivity contribution in [2.24, 2.45) is 0 Å². The second-order valence-corrected chi connectivity index (χ2v) is 5.95. The van der Waals surface area contributed by atoms with Crippen LogP contribution < -0.4 is 21.7 Å². The highest BCUT2D eigenvalue weighted by molar-refractivity contribution is 5.80. The minimum Gasteiger partial charge on any atom is -0.350 e. The number of para-hydroxylation sites is 1. The maximum absolute atomic E-state index is 12.5. The number of hydrazine groups is 1. The maximum Gasteiger partial charge on any atom is 0.261 e. The van der Waals surface area contributed by atoms with E-state index < -0.39 is 0 Å². The molecule has 0 radical (unpaired) electrons. The molecular weight excluding hydrogens is 294 g/mol. The Morgan fingerprint density at radius 1 is 1.48 bits per heavy atom. The zero-order chi connectivity index (χ0) is 16.4. The van der Waals surface area contributed by atoms with Gasteiger partial charge in [0.15, 0.2) is 0 Å². The Morgan fingerprint density at radius 3 is 3.04 bits per heavy atom. The lowest BCUT2D eigenvalue weighted by atomic mass is 10.1. The van der Waals surface area contributed by atoms with Crippen molar-refractivity contribution in [2.45, 2.75) is 38.9 Å². The number of aromatic nitrogens is 2. The lowest BCUT2D eigenvalue weighted by Crippen LogP contribution is -2.43. The standard InChI is InChI=1S/C16H21N5O2/c1-10-4-3-5-12-15(10)17-9-21(16(12)23)7-6-14(22)19-13-8-18-20-11(13)2/h3-5,9,11,13,18,20H,6-8H2,1-2H3,(H,19,22). The van der Waals surface area contributed by atoms with E-state index in [2.05, 4.69) is 21.2 Å². The van der Waals surface area contributed by atoms with Crippen molar-refractivity contribution in [3.05, 3.63) is 40.4 Å². The predicted octanol–water partition coefficient (Wildman–Crippen LogP) is 0.0761. The van der Waals surface area contributed by atoms with E-state index in [1.165, 1.54) is 10.9 Å². The predicted molar refractivity (Wildman–Crippen MR) is 87.9 cm³/mol. The van der Waals surface area contributed by atoms with Gasteiger partial charge in [0.2, 0.25) is 5.91 Å². The van der Waals surface area contributed by atoms with Crippen molar-refractivity contribution >= 4 is 16.8 Å². The average Bonchev–Trinajstić information content (AvgIpc) is 2.92. The van der Waals surface area contributed by atoms with Crippen molar-refractivity contribution in [3.8, 4) is 0 Å². The van der Waals surface area contributed by atoms with Crippen LogP contribution >= 0.6 is 0 Å². The molecule has 7 nitrogen and oxygen atoms in total. The van der Waals surface area contributed by atoms with Gasteiger partial charge in [-0.25, -0.2) is 4.98 Å². The van der Waals surface area contributed by atoms with Crippen molar-refractivity contribution in [3.63, 3.8) is 0 Å². The average molecular weight is 315 g/mol. The summed E-state index contributed by atoms with van der Waals surface area (Å²) in [4.78, 5) is 28.9. The molecule has 3 N–H and O–H groups in total. The molecule has 2 unspecified atom stereocenters. The summed E-state index contributed by atoms with van der Waals surface area (Å²) in [6.07, 6.45) is 1.77. The molecule has 23 heavy (non-hydrogen) atoms. The number of nitrogens with one attached hydrogen (secondary N) is 3. The van der Waals surface area contributed by atoms with E-state index in [0.29, 0.717) is 18.5 Å². The number of hydrogen-bond acceptors (Lipinski definition) is 5. The Labute approximate surface area is 134 Å². The molecule has 1 aliphatic heterocycles. The van der Waals surface area contributed by atoms with Gasteiger partial charge in [-0.15, -0.1) is 0 Å². The molecule has 2 aromatic rings. The molecule has 1 saturated heterocycles. The highest BCUT2D eigenvalue weighted by Gasteiger charge is 2.23. The van der Waals surface area contributed by atoms with E-state index in [1.807, 2.05) is 26.0 Å². The van der Waals surface area contributed by atoms with E-state index in [-0.39, 0.29) is 30.0 Å². The van der Waals surface area contributed by atoms with E-state index in [4.69, 9.17) is 0 Å². The molecule has 122 valence electrons. The summed E-state index contributed by atoms with van der Waals surface area (Å²) in [6.45, 7) is 4.95. The third-order valence-corrected chi connectivity index (χ3v) is 4.24. The van der Waals surface area contributed by atoms with Crippen molar-refractivity contribution in [2.75, 3.05) is 6.54 Å². The van der Waals surface area contributed by atoms with Crippen molar-refractivity contribution in [1.29, 1.82) is 0 Å². The molecule has 1 aromatic heterocycles. The van der Waals surface area contributed by atoms with Crippen LogP contribution in [0, 0.1) is 6.92 Å². The van der Waals surface area contributed by atoms with Gasteiger partial charge in [-0.05, 0) is 25.5 Å². The number of amides is 1. The molecule has 0 spiro atoms. The fourth-order valence-electron chi connectivity index (χ4n) is 2.78. The second kappa shape index (κ2) is 6.47. The number of benzene rings is 1. The van der Waals surface area contributed by atoms with Crippen LogP contribution in [0.5, 0.6) is 0 Å². The number of nitrogens with zero attached hydrogens (tertiary/aromatic N) is 2. The number of carbonyl (C=O) groups excluding carboxylic acids is 1. The first kappa shape index (κ1) is 15.6. The van der Waals surface area contributed by atoms with E-state index in [0.717, 1.165) is 11.1 Å². The second-order valence-electron chi connectivity index (χ2n) is 5.95. The highest BCUT2D eigenvalue weighted by Crippen LogP contribution is 2.11. The SMILES string of the molecule is Cc1cccc2c(=O)n(CCC(=O)NC3CNNC3C)cnc12. The zero-order valence-corrected chi connectivity index (χ0v) is 13.3. The molecule has 1 aliphatic rings. The summed E-state index contributed by atoms with van der Waals surface area (Å²) in [5.41, 5.74) is 7.64. The number of hydrogen-bond donors (Lipinski definition) is 3. The monoisotopic (exact) mass is 315 g/mol. The van der Waals surface area contributed by atoms with Gasteiger partial charge in [-0.3, -0.25) is 25.0 Å². The number of fused-ring (bicyclic) bond motifs is 1. The summed E-state index contributed by atoms with van der Waals surface area (Å²) in [6, 6.07) is 5.80. The van der Waals surface area contributed by atoms with Gasteiger partial charge in [0.25, 0.3) is 5.56 Å². The van der Waals surface area contributed by atoms with Gasteiger partial charge >= 0.3 is 0 Å². The molecule has 1 fully saturated rings. The van der Waals surface area contributed by atoms with Crippen LogP contribution in [-0.4, -0.2) is 34.1 Å². The molecule has 0 saturated carbocycles. The molecule has 7 heteroatoms. The van der Waals surface area contributed by atoms with Crippen LogP contribution in [0.3, 0.4) is 0 Å². The van der Waals surface area contributed by atoms with Crippen molar-refractivity contribution < 1.29 is 4.79 Å². The molecule has 3 rings (SSSR count). The fourth-order valence-corrected chi connectivity index (χ4v) is 2.78. The van der Waals surface area contributed by atoms with Crippen LogP contribution in [-0.2, 0) is 11.3 Å². The van der Waals surface area contributed by atoms with Gasteiger partial charge < -0.3 is 5.32 Å². The molecule has 1 aromatic carbocycles. The van der Waals surface area contributed by atoms with Gasteiger partial charge in [-0.2, -0.15) is 0 Å². The third kappa shape index (κ3) is 3.25. The third-order valence-electron chi connectivity index (χ3n) is 4.24. The first-order chi connectivity index (χ1) is 11.1. The summed E-state index contributed by atoms with van der Waals surface area (Å²) in [5.74, 6) is -0.0661. The van der Waals surface area contributed by atoms with Crippen LogP contribution in [0.4, 0.5) is 0 Å². The Bertz CT molecular complexity index is 786. The summed E-state index contributed by atoms with van der Waals surface area (Å²) < 4.78 is 1.50. The first-order valence-corrected chi connectivity index (χ1v) is 7.79. The summed E-state index contributed by atoms with van der Waals surface area (Å²) >= 11 is 0. The van der Waals surface area contributed by atoms with Crippen LogP contribution in [0.25, 0.3) is 10.9 Å². The summed E-state index contributed by atoms with van der Waals surface area (Å²) in [7, 11) is 0. The van der Waals surface area contributed by atoms with E-state index >= 15 is 0 Å². The Hall–Kier alpha value is -2.25. The normalized spacial score (nSPS) is 20.8. The Morgan fingerprint density at radius 2 is 2.30 bits per heavy atom. The van der Waals surface area contributed by atoms with Gasteiger partial charge in [0.1, 0.15) is 0 Å². The zero-order valence-electron chi connectivity index (χ0n) is 13.3.